The molecule has 0 radical (unpaired) electrons. The summed E-state index contributed by atoms with van der Waals surface area (Å²) in [6.07, 6.45) is 2.35. The van der Waals surface area contributed by atoms with Gasteiger partial charge in [-0.3, -0.25) is 10.1 Å². The van der Waals surface area contributed by atoms with Gasteiger partial charge in [0.05, 0.1) is 6.10 Å². The number of hydrogen-bond acceptors (Lipinski definition) is 4. The minimum atomic E-state index is -0.886. The maximum Gasteiger partial charge on any atom is 0.325 e. The first kappa shape index (κ1) is 17.5. The lowest BCUT2D eigenvalue weighted by Gasteiger charge is -2.15. The van der Waals surface area contributed by atoms with E-state index in [0.29, 0.717) is 13.2 Å². The maximum atomic E-state index is 11.5. The number of carboxylic acids is 1. The molecular weight excluding hydrogens is 318 g/mol. The van der Waals surface area contributed by atoms with Crippen molar-refractivity contribution in [3.63, 3.8) is 0 Å². The lowest BCUT2D eigenvalue weighted by molar-refractivity contribution is -0.139. The SMILES string of the molecule is O=C(O)[C@@H](NCc1ccc(OCC2CCCO2)cc1)c1ccccc1. The minimum Gasteiger partial charge on any atom is -0.491 e. The predicted molar refractivity (Wildman–Crippen MR) is 94.6 cm³/mol. The molecule has 3 rings (SSSR count). The van der Waals surface area contributed by atoms with Gasteiger partial charge in [-0.05, 0) is 36.1 Å². The van der Waals surface area contributed by atoms with Crippen molar-refractivity contribution in [1.82, 2.24) is 5.32 Å². The fourth-order valence-electron chi connectivity index (χ4n) is 2.88. The number of ether oxygens (including phenoxy) is 2. The lowest BCUT2D eigenvalue weighted by atomic mass is 10.1. The number of hydrogen-bond donors (Lipinski definition) is 2. The molecule has 2 aromatic rings. The highest BCUT2D eigenvalue weighted by atomic mass is 16.5. The third kappa shape index (κ3) is 5.05. The Morgan fingerprint density at radius 1 is 1.20 bits per heavy atom. The van der Waals surface area contributed by atoms with Gasteiger partial charge < -0.3 is 14.6 Å². The molecule has 1 heterocycles. The van der Waals surface area contributed by atoms with E-state index in [2.05, 4.69) is 5.32 Å². The van der Waals surface area contributed by atoms with Crippen LogP contribution in [0.4, 0.5) is 0 Å². The summed E-state index contributed by atoms with van der Waals surface area (Å²) in [6.45, 7) is 1.87. The Balaban J connectivity index is 1.52. The summed E-state index contributed by atoms with van der Waals surface area (Å²) in [5.74, 6) is -0.0835. The van der Waals surface area contributed by atoms with Crippen molar-refractivity contribution in [1.29, 1.82) is 0 Å². The van der Waals surface area contributed by atoms with E-state index in [-0.39, 0.29) is 6.10 Å². The topological polar surface area (TPSA) is 67.8 Å². The highest BCUT2D eigenvalue weighted by Gasteiger charge is 2.19. The van der Waals surface area contributed by atoms with Gasteiger partial charge in [-0.1, -0.05) is 42.5 Å². The molecule has 1 aliphatic heterocycles. The molecule has 0 spiro atoms. The van der Waals surface area contributed by atoms with Crippen LogP contribution in [0.25, 0.3) is 0 Å². The van der Waals surface area contributed by atoms with Crippen molar-refractivity contribution >= 4 is 5.97 Å². The van der Waals surface area contributed by atoms with Crippen LogP contribution in [-0.2, 0) is 16.1 Å². The van der Waals surface area contributed by atoms with Crippen LogP contribution in [0.15, 0.2) is 54.6 Å². The van der Waals surface area contributed by atoms with Gasteiger partial charge in [0.25, 0.3) is 0 Å². The lowest BCUT2D eigenvalue weighted by Crippen LogP contribution is -2.28. The smallest absolute Gasteiger partial charge is 0.325 e. The number of aliphatic carboxylic acids is 1. The summed E-state index contributed by atoms with van der Waals surface area (Å²) < 4.78 is 11.3. The predicted octanol–water partition coefficient (Wildman–Crippen LogP) is 3.16. The summed E-state index contributed by atoms with van der Waals surface area (Å²) in [4.78, 5) is 11.5. The molecule has 1 aliphatic rings. The highest BCUT2D eigenvalue weighted by molar-refractivity contribution is 5.75. The zero-order chi connectivity index (χ0) is 17.5. The fourth-order valence-corrected chi connectivity index (χ4v) is 2.88. The highest BCUT2D eigenvalue weighted by Crippen LogP contribution is 2.18. The van der Waals surface area contributed by atoms with E-state index < -0.39 is 12.0 Å². The van der Waals surface area contributed by atoms with E-state index in [4.69, 9.17) is 9.47 Å². The van der Waals surface area contributed by atoms with Gasteiger partial charge >= 0.3 is 5.97 Å². The standard InChI is InChI=1S/C20H23NO4/c22-20(23)19(16-5-2-1-3-6-16)21-13-15-8-10-17(11-9-15)25-14-18-7-4-12-24-18/h1-3,5-6,8-11,18-19,21H,4,7,12-14H2,(H,22,23)/t18?,19-/m0/s1. The summed E-state index contributed by atoms with van der Waals surface area (Å²) >= 11 is 0. The van der Waals surface area contributed by atoms with Crippen LogP contribution in [0.2, 0.25) is 0 Å². The molecule has 2 N–H and O–H groups in total. The first-order valence-electron chi connectivity index (χ1n) is 8.57. The molecular formula is C20H23NO4. The Hall–Kier alpha value is -2.37. The molecule has 0 bridgehead atoms. The summed E-state index contributed by atoms with van der Waals surface area (Å²) in [5, 5.41) is 12.5. The molecule has 0 amide bonds. The Labute approximate surface area is 147 Å². The second-order valence-electron chi connectivity index (χ2n) is 6.15. The molecule has 1 unspecified atom stereocenters. The average molecular weight is 341 g/mol. The van der Waals surface area contributed by atoms with Crippen LogP contribution < -0.4 is 10.1 Å². The first-order chi connectivity index (χ1) is 12.2. The Morgan fingerprint density at radius 2 is 1.96 bits per heavy atom. The molecule has 2 aromatic carbocycles. The number of carbonyl (C=O) groups is 1. The largest absolute Gasteiger partial charge is 0.491 e. The second kappa shape index (κ2) is 8.65. The zero-order valence-electron chi connectivity index (χ0n) is 14.1. The normalized spacial score (nSPS) is 18.0. The summed E-state index contributed by atoms with van der Waals surface area (Å²) in [6, 6.07) is 16.2. The van der Waals surface area contributed by atoms with Gasteiger partial charge in [0, 0.05) is 13.2 Å². The van der Waals surface area contributed by atoms with Gasteiger partial charge in [-0.2, -0.15) is 0 Å². The molecule has 1 saturated heterocycles. The van der Waals surface area contributed by atoms with Crippen molar-refractivity contribution in [2.24, 2.45) is 0 Å². The van der Waals surface area contributed by atoms with Gasteiger partial charge in [-0.15, -0.1) is 0 Å². The molecule has 25 heavy (non-hydrogen) atoms. The van der Waals surface area contributed by atoms with Crippen molar-refractivity contribution in [2.75, 3.05) is 13.2 Å². The molecule has 1 fully saturated rings. The zero-order valence-corrected chi connectivity index (χ0v) is 14.1. The molecule has 0 aromatic heterocycles. The van der Waals surface area contributed by atoms with Gasteiger partial charge in [-0.25, -0.2) is 0 Å². The van der Waals surface area contributed by atoms with Gasteiger partial charge in [0.1, 0.15) is 18.4 Å². The Kier molecular flexibility index (Phi) is 6.04. The first-order valence-corrected chi connectivity index (χ1v) is 8.57. The molecule has 2 atom stereocenters. The summed E-state index contributed by atoms with van der Waals surface area (Å²) in [5.41, 5.74) is 1.75. The van der Waals surface area contributed by atoms with E-state index in [1.54, 1.807) is 0 Å². The Morgan fingerprint density at radius 3 is 2.60 bits per heavy atom. The van der Waals surface area contributed by atoms with Gasteiger partial charge in [0.15, 0.2) is 0 Å². The molecule has 5 heteroatoms. The molecule has 0 saturated carbocycles. The molecule has 132 valence electrons. The van der Waals surface area contributed by atoms with Crippen LogP contribution in [0.1, 0.15) is 30.0 Å². The monoisotopic (exact) mass is 341 g/mol. The van der Waals surface area contributed by atoms with E-state index in [0.717, 1.165) is 36.3 Å². The average Bonchev–Trinajstić information content (AvgIpc) is 3.15. The third-order valence-corrected chi connectivity index (χ3v) is 4.27. The number of nitrogens with one attached hydrogen (secondary N) is 1. The number of rotatable bonds is 8. The number of benzene rings is 2. The minimum absolute atomic E-state index is 0.198. The third-order valence-electron chi connectivity index (χ3n) is 4.27. The van der Waals surface area contributed by atoms with Gasteiger partial charge in [0.2, 0.25) is 0 Å². The number of carboxylic acid groups (broad SMARTS) is 1. The van der Waals surface area contributed by atoms with E-state index >= 15 is 0 Å². The van der Waals surface area contributed by atoms with Crippen molar-refractivity contribution in [3.8, 4) is 5.75 Å². The fraction of sp³-hybridized carbons (Fsp3) is 0.350. The van der Waals surface area contributed by atoms with Crippen LogP contribution in [0, 0.1) is 0 Å². The molecule has 0 aliphatic carbocycles. The Bertz CT molecular complexity index is 666. The second-order valence-corrected chi connectivity index (χ2v) is 6.15. The van der Waals surface area contributed by atoms with Crippen molar-refractivity contribution in [3.05, 3.63) is 65.7 Å². The van der Waals surface area contributed by atoms with Crippen molar-refractivity contribution < 1.29 is 19.4 Å². The van der Waals surface area contributed by atoms with Crippen molar-refractivity contribution in [2.45, 2.75) is 31.5 Å². The van der Waals surface area contributed by atoms with Crippen LogP contribution in [0.3, 0.4) is 0 Å². The quantitative estimate of drug-likeness (QED) is 0.772. The van der Waals surface area contributed by atoms with Crippen LogP contribution >= 0.6 is 0 Å². The summed E-state index contributed by atoms with van der Waals surface area (Å²) in [7, 11) is 0. The van der Waals surface area contributed by atoms with E-state index in [9.17, 15) is 9.90 Å². The molecule has 5 nitrogen and oxygen atoms in total. The van der Waals surface area contributed by atoms with E-state index in [1.165, 1.54) is 0 Å². The van der Waals surface area contributed by atoms with E-state index in [1.807, 2.05) is 54.6 Å². The van der Waals surface area contributed by atoms with Crippen LogP contribution in [0.5, 0.6) is 5.75 Å². The van der Waals surface area contributed by atoms with Crippen LogP contribution in [-0.4, -0.2) is 30.4 Å². The maximum absolute atomic E-state index is 11.5.